The van der Waals surface area contributed by atoms with Gasteiger partial charge >= 0.3 is 19.8 Å². The van der Waals surface area contributed by atoms with Gasteiger partial charge in [-0.25, -0.2) is 4.57 Å². The lowest BCUT2D eigenvalue weighted by Gasteiger charge is -2.24. The summed E-state index contributed by atoms with van der Waals surface area (Å²) >= 11 is 0. The van der Waals surface area contributed by atoms with Crippen LogP contribution in [0.4, 0.5) is 0 Å². The highest BCUT2D eigenvalue weighted by atomic mass is 31.2. The third-order valence-corrected chi connectivity index (χ3v) is 13.2. The summed E-state index contributed by atoms with van der Waals surface area (Å²) in [6.07, 6.45) is 104. The number of rotatable bonds is 55. The summed E-state index contributed by atoms with van der Waals surface area (Å²) in [5, 5.41) is 0. The number of esters is 2. The minimum atomic E-state index is -4.44. The molecule has 0 heterocycles. The van der Waals surface area contributed by atoms with Crippen molar-refractivity contribution in [3.8, 4) is 0 Å². The van der Waals surface area contributed by atoms with E-state index < -0.39 is 32.5 Å². The van der Waals surface area contributed by atoms with Crippen molar-refractivity contribution >= 4 is 19.8 Å². The monoisotopic (exact) mass is 1200 g/mol. The van der Waals surface area contributed by atoms with Crippen LogP contribution in [0.5, 0.6) is 0 Å². The van der Waals surface area contributed by atoms with Gasteiger partial charge in [-0.15, -0.1) is 0 Å². The largest absolute Gasteiger partial charge is 0.472 e. The number of likely N-dealkylation sites (N-methyl/N-ethyl adjacent to an activating group) is 1. The van der Waals surface area contributed by atoms with E-state index in [9.17, 15) is 19.0 Å². The molecule has 0 saturated carbocycles. The van der Waals surface area contributed by atoms with Gasteiger partial charge in [-0.3, -0.25) is 18.6 Å². The van der Waals surface area contributed by atoms with Crippen LogP contribution in [0.15, 0.2) is 231 Å². The molecule has 0 rings (SSSR count). The van der Waals surface area contributed by atoms with Gasteiger partial charge in [0.05, 0.1) is 27.7 Å². The van der Waals surface area contributed by atoms with Crippen LogP contribution in [0, 0.1) is 0 Å². The molecule has 0 fully saturated rings. The van der Waals surface area contributed by atoms with Gasteiger partial charge in [0.2, 0.25) is 0 Å². The lowest BCUT2D eigenvalue weighted by molar-refractivity contribution is -0.870. The maximum Gasteiger partial charge on any atom is 0.472 e. The normalized spacial score (nSPS) is 14.7. The highest BCUT2D eigenvalue weighted by molar-refractivity contribution is 7.47. The van der Waals surface area contributed by atoms with Gasteiger partial charge in [0.25, 0.3) is 0 Å². The molecule has 0 bridgehead atoms. The first-order chi connectivity index (χ1) is 42.0. The summed E-state index contributed by atoms with van der Waals surface area (Å²) in [7, 11) is 1.37. The Labute approximate surface area is 524 Å². The Bertz CT molecular complexity index is 2300. The van der Waals surface area contributed by atoms with Crippen LogP contribution in [0.3, 0.4) is 0 Å². The minimum Gasteiger partial charge on any atom is -0.462 e. The van der Waals surface area contributed by atoms with Crippen LogP contribution in [-0.4, -0.2) is 74.9 Å². The molecule has 0 amide bonds. The van der Waals surface area contributed by atoms with Crippen LogP contribution in [0.2, 0.25) is 0 Å². The van der Waals surface area contributed by atoms with Gasteiger partial charge in [-0.1, -0.05) is 245 Å². The van der Waals surface area contributed by atoms with Crippen molar-refractivity contribution in [3.63, 3.8) is 0 Å². The predicted octanol–water partition coefficient (Wildman–Crippen LogP) is 21.0. The molecule has 9 nitrogen and oxygen atoms in total. The first-order valence-corrected chi connectivity index (χ1v) is 33.6. The topological polar surface area (TPSA) is 108 Å². The number of quaternary nitrogens is 1. The van der Waals surface area contributed by atoms with Crippen LogP contribution in [0.25, 0.3) is 0 Å². The van der Waals surface area contributed by atoms with E-state index in [1.54, 1.807) is 0 Å². The molecular weight excluding hydrogens is 1090 g/mol. The Morgan fingerprint density at radius 2 is 0.628 bits per heavy atom. The number of phosphoric ester groups is 1. The number of carbonyl (C=O) groups excluding carboxylic acids is 2. The van der Waals surface area contributed by atoms with Crippen LogP contribution >= 0.6 is 7.82 Å². The fourth-order valence-corrected chi connectivity index (χ4v) is 8.08. The lowest BCUT2D eigenvalue weighted by Crippen LogP contribution is -2.37. The van der Waals surface area contributed by atoms with E-state index in [-0.39, 0.29) is 26.1 Å². The average molecular weight is 1200 g/mol. The zero-order chi connectivity index (χ0) is 62.6. The van der Waals surface area contributed by atoms with Crippen molar-refractivity contribution in [2.45, 2.75) is 187 Å². The molecule has 10 heteroatoms. The number of hydrogen-bond acceptors (Lipinski definition) is 7. The Kier molecular flexibility index (Phi) is 59.2. The predicted molar refractivity (Wildman–Crippen MR) is 371 cm³/mol. The van der Waals surface area contributed by atoms with Crippen LogP contribution in [0.1, 0.15) is 181 Å². The maximum absolute atomic E-state index is 12.8. The fraction of sp³-hybridized carbons (Fsp3) is 0.474. The molecule has 0 radical (unpaired) electrons. The molecule has 0 saturated heterocycles. The maximum atomic E-state index is 12.8. The second-order valence-electron chi connectivity index (χ2n) is 21.3. The van der Waals surface area contributed by atoms with Crippen molar-refractivity contribution in [1.82, 2.24) is 0 Å². The SMILES string of the molecule is CC/C=C\C/C=C\C/C=C\C/C=C\C/C=C\C/C=C\C/C=C\C/C=C\C/C=C\C/C=C\CCCCC(=O)OC(COC(=O)CCC/C=C\C/C=C\C/C=C\C/C=C\C/C=C\C/C=C\C/C=C\C/C=C\C/C=C\CC)COP(=O)(O)OCC[N+](C)(C)C. The van der Waals surface area contributed by atoms with Crippen LogP contribution in [-0.2, 0) is 32.7 Å². The zero-order valence-corrected chi connectivity index (χ0v) is 54.8. The number of phosphoric acid groups is 1. The number of nitrogens with zero attached hydrogens (tertiary/aromatic N) is 1. The second-order valence-corrected chi connectivity index (χ2v) is 22.8. The van der Waals surface area contributed by atoms with Crippen molar-refractivity contribution in [1.29, 1.82) is 0 Å². The summed E-state index contributed by atoms with van der Waals surface area (Å²) in [4.78, 5) is 35.7. The van der Waals surface area contributed by atoms with E-state index in [1.807, 2.05) is 21.1 Å². The summed E-state index contributed by atoms with van der Waals surface area (Å²) < 4.78 is 34.5. The number of allylic oxidation sites excluding steroid dienone is 38. The van der Waals surface area contributed by atoms with Gasteiger partial charge in [0.15, 0.2) is 6.10 Å². The number of carbonyl (C=O) groups is 2. The molecule has 0 aromatic heterocycles. The first kappa shape index (κ1) is 80.1. The number of ether oxygens (including phenoxy) is 2. The van der Waals surface area contributed by atoms with Gasteiger partial charge < -0.3 is 18.9 Å². The highest BCUT2D eigenvalue weighted by Gasteiger charge is 2.27. The molecule has 0 aliphatic carbocycles. The van der Waals surface area contributed by atoms with E-state index in [2.05, 4.69) is 245 Å². The van der Waals surface area contributed by atoms with Crippen molar-refractivity contribution in [3.05, 3.63) is 231 Å². The average Bonchev–Trinajstić information content (AvgIpc) is 3.70. The molecule has 86 heavy (non-hydrogen) atoms. The molecule has 0 aliphatic heterocycles. The number of unbranched alkanes of at least 4 members (excludes halogenated alkanes) is 3. The molecule has 1 N–H and O–H groups in total. The smallest absolute Gasteiger partial charge is 0.462 e. The van der Waals surface area contributed by atoms with Crippen molar-refractivity contribution in [2.24, 2.45) is 0 Å². The van der Waals surface area contributed by atoms with E-state index in [1.165, 1.54) is 0 Å². The first-order valence-electron chi connectivity index (χ1n) is 32.1. The third kappa shape index (κ3) is 67.2. The fourth-order valence-electron chi connectivity index (χ4n) is 7.34. The summed E-state index contributed by atoms with van der Waals surface area (Å²) in [5.41, 5.74) is 0. The van der Waals surface area contributed by atoms with Crippen molar-refractivity contribution in [2.75, 3.05) is 47.5 Å². The van der Waals surface area contributed by atoms with Crippen LogP contribution < -0.4 is 0 Å². The summed E-state index contributed by atoms with van der Waals surface area (Å²) in [6, 6.07) is 0. The quantitative estimate of drug-likeness (QED) is 0.0211. The second kappa shape index (κ2) is 63.6. The van der Waals surface area contributed by atoms with Gasteiger partial charge in [0.1, 0.15) is 19.8 Å². The molecule has 0 aromatic carbocycles. The molecule has 2 unspecified atom stereocenters. The standard InChI is InChI=1S/C76H114NO8P/c1-6-8-10-12-14-16-18-20-22-24-26-28-30-32-34-36-37-38-39-41-43-45-47-49-51-53-55-57-59-61-63-65-67-69-76(79)85-74(73-84-86(80,81)83-71-70-77(3,4)5)72-82-75(78)68-66-64-62-60-58-56-54-52-50-48-46-44-42-40-35-33-31-29-27-25-23-21-19-17-15-13-11-9-7-2/h8-11,14-17,20-23,26-29,32-35,37-38,41-44,47-50,53-56,59-62,74H,6-7,12-13,18-19,24-25,30-31,36,39-40,45-46,51-52,57-58,63-73H2,1-5H3/p+1/b10-8-,11-9-,16-14-,17-15-,22-20-,23-21-,28-26-,29-27-,34-32-,35-33-,38-37-,43-41-,44-42-,49-47-,50-48-,55-53-,56-54-,61-59-,62-60-. The molecule has 0 aliphatic rings. The van der Waals surface area contributed by atoms with Gasteiger partial charge in [-0.05, 0) is 154 Å². The minimum absolute atomic E-state index is 0.00106. The molecular formula is C76H115NO8P+. The molecule has 2 atom stereocenters. The van der Waals surface area contributed by atoms with E-state index in [0.717, 1.165) is 135 Å². The third-order valence-electron chi connectivity index (χ3n) is 12.2. The Morgan fingerprint density at radius 3 is 0.919 bits per heavy atom. The van der Waals surface area contributed by atoms with Gasteiger partial charge in [0, 0.05) is 12.8 Å². The number of hydrogen-bond donors (Lipinski definition) is 1. The Hall–Kier alpha value is -5.93. The van der Waals surface area contributed by atoms with Crippen molar-refractivity contribution < 1.29 is 42.1 Å². The summed E-state index contributed by atoms with van der Waals surface area (Å²) in [5.74, 6) is -0.944. The molecule has 476 valence electrons. The molecule has 0 aromatic rings. The Balaban J connectivity index is 4.40. The van der Waals surface area contributed by atoms with E-state index in [0.29, 0.717) is 30.3 Å². The Morgan fingerprint density at radius 1 is 0.360 bits per heavy atom. The van der Waals surface area contributed by atoms with E-state index in [4.69, 9.17) is 18.5 Å². The molecule has 0 spiro atoms. The summed E-state index contributed by atoms with van der Waals surface area (Å²) in [6.45, 7) is 4.04. The lowest BCUT2D eigenvalue weighted by atomic mass is 10.2. The van der Waals surface area contributed by atoms with E-state index >= 15 is 0 Å². The highest BCUT2D eigenvalue weighted by Crippen LogP contribution is 2.43. The van der Waals surface area contributed by atoms with Gasteiger partial charge in [-0.2, -0.15) is 0 Å². The zero-order valence-electron chi connectivity index (χ0n) is 53.9.